The van der Waals surface area contributed by atoms with Gasteiger partial charge < -0.3 is 0 Å². The number of rotatable bonds is 1. The Morgan fingerprint density at radius 1 is 1.12 bits per heavy atom. The predicted octanol–water partition coefficient (Wildman–Crippen LogP) is 4.84. The Hall–Kier alpha value is -1.70. The van der Waals surface area contributed by atoms with E-state index in [0.29, 0.717) is 5.69 Å². The van der Waals surface area contributed by atoms with Crippen LogP contribution in [0.4, 0.5) is 5.69 Å². The lowest BCUT2D eigenvalue weighted by Crippen LogP contribution is -2.12. The molecule has 0 amide bonds. The molecule has 88 valence electrons. The average molecular weight is 227 g/mol. The van der Waals surface area contributed by atoms with E-state index in [-0.39, 0.29) is 5.41 Å². The van der Waals surface area contributed by atoms with Crippen molar-refractivity contribution in [2.45, 2.75) is 33.1 Å². The Morgan fingerprint density at radius 3 is 2.41 bits per heavy atom. The molecular formula is C15H17NO. The molecule has 0 bridgehead atoms. The number of fused-ring (bicyclic) bond motifs is 1. The van der Waals surface area contributed by atoms with Gasteiger partial charge in [-0.05, 0) is 51.5 Å². The summed E-state index contributed by atoms with van der Waals surface area (Å²) in [6, 6.07) is 9.91. The van der Waals surface area contributed by atoms with Gasteiger partial charge in [0, 0.05) is 0 Å². The molecule has 0 fully saturated rings. The fraction of sp³-hybridized carbons (Fsp3) is 0.333. The summed E-state index contributed by atoms with van der Waals surface area (Å²) in [5.74, 6) is 0. The van der Waals surface area contributed by atoms with Crippen molar-refractivity contribution in [1.29, 1.82) is 0 Å². The fourth-order valence-corrected chi connectivity index (χ4v) is 2.24. The van der Waals surface area contributed by atoms with Crippen molar-refractivity contribution in [1.82, 2.24) is 0 Å². The van der Waals surface area contributed by atoms with Crippen LogP contribution in [0.3, 0.4) is 0 Å². The first-order valence-corrected chi connectivity index (χ1v) is 5.80. The van der Waals surface area contributed by atoms with Crippen LogP contribution >= 0.6 is 0 Å². The molecule has 0 aliphatic carbocycles. The van der Waals surface area contributed by atoms with Crippen molar-refractivity contribution in [2.75, 3.05) is 0 Å². The Morgan fingerprint density at radius 2 is 1.82 bits per heavy atom. The van der Waals surface area contributed by atoms with Crippen LogP contribution in [0.1, 0.15) is 31.9 Å². The summed E-state index contributed by atoms with van der Waals surface area (Å²) in [6.07, 6.45) is 0. The van der Waals surface area contributed by atoms with Crippen LogP contribution in [-0.2, 0) is 5.41 Å². The summed E-state index contributed by atoms with van der Waals surface area (Å²) in [4.78, 5) is 10.8. The minimum Gasteiger partial charge on any atom is -0.145 e. The SMILES string of the molecule is Cc1cccc2cc(N=O)cc(C(C)(C)C)c12. The molecule has 0 aromatic heterocycles. The van der Waals surface area contributed by atoms with Gasteiger partial charge in [-0.1, -0.05) is 39.0 Å². The minimum atomic E-state index is 0.00502. The zero-order valence-electron chi connectivity index (χ0n) is 10.7. The van der Waals surface area contributed by atoms with E-state index in [1.54, 1.807) is 0 Å². The normalized spacial score (nSPS) is 11.8. The zero-order chi connectivity index (χ0) is 12.6. The highest BCUT2D eigenvalue weighted by molar-refractivity contribution is 5.92. The molecule has 0 spiro atoms. The highest BCUT2D eigenvalue weighted by Gasteiger charge is 2.19. The standard InChI is InChI=1S/C15H17NO/c1-10-6-5-7-11-8-12(16-17)9-13(14(10)11)15(2,3)4/h5-9H,1-4H3. The Labute approximate surface area is 102 Å². The molecule has 2 aromatic rings. The Kier molecular flexibility index (Phi) is 2.74. The van der Waals surface area contributed by atoms with Crippen LogP contribution in [0.15, 0.2) is 35.5 Å². The highest BCUT2D eigenvalue weighted by atomic mass is 16.3. The van der Waals surface area contributed by atoms with E-state index < -0.39 is 0 Å². The molecule has 0 unspecified atom stereocenters. The van der Waals surface area contributed by atoms with Crippen LogP contribution in [0, 0.1) is 11.8 Å². The summed E-state index contributed by atoms with van der Waals surface area (Å²) < 4.78 is 0. The van der Waals surface area contributed by atoms with Gasteiger partial charge in [-0.2, -0.15) is 0 Å². The Bertz CT molecular complexity index is 579. The van der Waals surface area contributed by atoms with Gasteiger partial charge in [-0.15, -0.1) is 4.91 Å². The zero-order valence-corrected chi connectivity index (χ0v) is 10.7. The van der Waals surface area contributed by atoms with E-state index in [1.807, 2.05) is 24.3 Å². The van der Waals surface area contributed by atoms with Crippen LogP contribution in [0.25, 0.3) is 10.8 Å². The molecule has 0 saturated carbocycles. The van der Waals surface area contributed by atoms with Crippen LogP contribution < -0.4 is 0 Å². The van der Waals surface area contributed by atoms with Crippen LogP contribution in [0.2, 0.25) is 0 Å². The third kappa shape index (κ3) is 2.07. The number of hydrogen-bond donors (Lipinski definition) is 0. The van der Waals surface area contributed by atoms with Gasteiger partial charge in [0.2, 0.25) is 0 Å². The van der Waals surface area contributed by atoms with Gasteiger partial charge in [0.1, 0.15) is 5.69 Å². The van der Waals surface area contributed by atoms with Gasteiger partial charge in [0.15, 0.2) is 0 Å². The van der Waals surface area contributed by atoms with Crippen molar-refractivity contribution >= 4 is 16.5 Å². The topological polar surface area (TPSA) is 29.4 Å². The molecule has 0 N–H and O–H groups in total. The number of hydrogen-bond acceptors (Lipinski definition) is 2. The van der Waals surface area contributed by atoms with Crippen molar-refractivity contribution in [3.63, 3.8) is 0 Å². The van der Waals surface area contributed by atoms with E-state index >= 15 is 0 Å². The van der Waals surface area contributed by atoms with E-state index in [2.05, 4.69) is 38.9 Å². The molecular weight excluding hydrogens is 210 g/mol. The molecule has 0 saturated heterocycles. The second-order valence-corrected chi connectivity index (χ2v) is 5.51. The maximum atomic E-state index is 10.8. The van der Waals surface area contributed by atoms with E-state index in [0.717, 1.165) is 5.39 Å². The second kappa shape index (κ2) is 3.95. The number of nitroso groups, excluding NO2 is 1. The first-order valence-electron chi connectivity index (χ1n) is 5.80. The van der Waals surface area contributed by atoms with Gasteiger partial charge in [0.05, 0.1) is 0 Å². The van der Waals surface area contributed by atoms with E-state index in [4.69, 9.17) is 0 Å². The first-order chi connectivity index (χ1) is 7.93. The average Bonchev–Trinajstić information content (AvgIpc) is 2.26. The summed E-state index contributed by atoms with van der Waals surface area (Å²) >= 11 is 0. The maximum absolute atomic E-state index is 10.8. The van der Waals surface area contributed by atoms with Crippen molar-refractivity contribution in [3.8, 4) is 0 Å². The molecule has 2 rings (SSSR count). The quantitative estimate of drug-likeness (QED) is 0.641. The van der Waals surface area contributed by atoms with Crippen molar-refractivity contribution < 1.29 is 0 Å². The minimum absolute atomic E-state index is 0.00502. The summed E-state index contributed by atoms with van der Waals surface area (Å²) in [5, 5.41) is 5.41. The van der Waals surface area contributed by atoms with Crippen LogP contribution in [-0.4, -0.2) is 0 Å². The highest BCUT2D eigenvalue weighted by Crippen LogP contribution is 2.35. The smallest absolute Gasteiger partial charge is 0.108 e. The molecule has 0 atom stereocenters. The number of benzene rings is 2. The maximum Gasteiger partial charge on any atom is 0.108 e. The first kappa shape index (κ1) is 11.8. The van der Waals surface area contributed by atoms with Crippen LogP contribution in [0.5, 0.6) is 0 Å². The van der Waals surface area contributed by atoms with Crippen molar-refractivity contribution in [3.05, 3.63) is 46.4 Å². The molecule has 2 heteroatoms. The molecule has 2 aromatic carbocycles. The summed E-state index contributed by atoms with van der Waals surface area (Å²) in [5.41, 5.74) is 2.94. The molecule has 0 radical (unpaired) electrons. The number of nitrogens with zero attached hydrogens (tertiary/aromatic N) is 1. The molecule has 17 heavy (non-hydrogen) atoms. The lowest BCUT2D eigenvalue weighted by molar-refractivity contribution is 0.596. The number of aryl methyl sites for hydroxylation is 1. The second-order valence-electron chi connectivity index (χ2n) is 5.51. The van der Waals surface area contributed by atoms with Gasteiger partial charge >= 0.3 is 0 Å². The van der Waals surface area contributed by atoms with E-state index in [1.165, 1.54) is 16.5 Å². The third-order valence-corrected chi connectivity index (χ3v) is 3.08. The molecule has 2 nitrogen and oxygen atoms in total. The summed E-state index contributed by atoms with van der Waals surface area (Å²) in [7, 11) is 0. The summed E-state index contributed by atoms with van der Waals surface area (Å²) in [6.45, 7) is 8.57. The lowest BCUT2D eigenvalue weighted by Gasteiger charge is -2.22. The van der Waals surface area contributed by atoms with Crippen molar-refractivity contribution in [2.24, 2.45) is 5.18 Å². The van der Waals surface area contributed by atoms with Gasteiger partial charge in [0.25, 0.3) is 0 Å². The van der Waals surface area contributed by atoms with E-state index in [9.17, 15) is 4.91 Å². The Balaban J connectivity index is 2.92. The molecule has 0 aliphatic heterocycles. The van der Waals surface area contributed by atoms with Gasteiger partial charge in [-0.3, -0.25) is 0 Å². The molecule has 0 aliphatic rings. The van der Waals surface area contributed by atoms with Gasteiger partial charge in [-0.25, -0.2) is 0 Å². The largest absolute Gasteiger partial charge is 0.145 e. The molecule has 0 heterocycles. The lowest BCUT2D eigenvalue weighted by atomic mass is 9.82. The third-order valence-electron chi connectivity index (χ3n) is 3.08. The predicted molar refractivity (Wildman–Crippen MR) is 72.8 cm³/mol. The monoisotopic (exact) mass is 227 g/mol. The fourth-order valence-electron chi connectivity index (χ4n) is 2.24.